The Morgan fingerprint density at radius 3 is 2.16 bits per heavy atom. The highest BCUT2D eigenvalue weighted by molar-refractivity contribution is 6.22. The van der Waals surface area contributed by atoms with Gasteiger partial charge in [0.25, 0.3) is 11.8 Å². The molecule has 0 aliphatic carbocycles. The van der Waals surface area contributed by atoms with Gasteiger partial charge in [-0.15, -0.1) is 0 Å². The number of fused-ring (bicyclic) bond motifs is 2. The molecule has 156 valence electrons. The molecular weight excluding hydrogens is 398 g/mol. The van der Waals surface area contributed by atoms with Gasteiger partial charge >= 0.3 is 5.97 Å². The number of ketones is 1. The maximum Gasteiger partial charge on any atom is 0.329 e. The summed E-state index contributed by atoms with van der Waals surface area (Å²) in [5.74, 6) is -1.61. The monoisotopic (exact) mass is 417 g/mol. The van der Waals surface area contributed by atoms with E-state index in [9.17, 15) is 19.2 Å². The SMILES string of the molecule is COc1ccc2cc(C(=O)COC(=O)C(C)N3C(=O)c4ccccc4C3=O)ccc2c1. The number of hydrogen-bond acceptors (Lipinski definition) is 6. The van der Waals surface area contributed by atoms with Crippen molar-refractivity contribution in [1.82, 2.24) is 4.90 Å². The lowest BCUT2D eigenvalue weighted by atomic mass is 10.0. The van der Waals surface area contributed by atoms with Crippen LogP contribution in [0.15, 0.2) is 60.7 Å². The van der Waals surface area contributed by atoms with E-state index in [0.717, 1.165) is 15.7 Å². The number of hydrogen-bond donors (Lipinski definition) is 0. The molecule has 3 aromatic carbocycles. The van der Waals surface area contributed by atoms with E-state index in [-0.39, 0.29) is 16.9 Å². The predicted molar refractivity (Wildman–Crippen MR) is 112 cm³/mol. The molecule has 0 spiro atoms. The number of benzene rings is 3. The van der Waals surface area contributed by atoms with Gasteiger partial charge in [0.05, 0.1) is 18.2 Å². The normalized spacial score (nSPS) is 13.8. The molecule has 2 amide bonds. The van der Waals surface area contributed by atoms with Crippen LogP contribution in [0.1, 0.15) is 38.0 Å². The second-order valence-corrected chi connectivity index (χ2v) is 7.16. The van der Waals surface area contributed by atoms with E-state index < -0.39 is 30.4 Å². The number of ether oxygens (including phenoxy) is 2. The lowest BCUT2D eigenvalue weighted by Crippen LogP contribution is -2.44. The molecule has 7 nitrogen and oxygen atoms in total. The van der Waals surface area contributed by atoms with Crippen LogP contribution >= 0.6 is 0 Å². The third kappa shape index (κ3) is 3.66. The molecule has 0 fully saturated rings. The Hall–Kier alpha value is -4.00. The largest absolute Gasteiger partial charge is 0.497 e. The predicted octanol–water partition coefficient (Wildman–Crippen LogP) is 3.26. The zero-order valence-electron chi connectivity index (χ0n) is 17.0. The Morgan fingerprint density at radius 2 is 1.52 bits per heavy atom. The zero-order chi connectivity index (χ0) is 22.1. The lowest BCUT2D eigenvalue weighted by Gasteiger charge is -2.20. The molecular formula is C24H19NO6. The highest BCUT2D eigenvalue weighted by Crippen LogP contribution is 2.25. The Labute approximate surface area is 178 Å². The van der Waals surface area contributed by atoms with Crippen LogP contribution in [0.5, 0.6) is 5.75 Å². The minimum absolute atomic E-state index is 0.246. The van der Waals surface area contributed by atoms with Crippen molar-refractivity contribution >= 4 is 34.3 Å². The lowest BCUT2D eigenvalue weighted by molar-refractivity contribution is -0.146. The Kier molecular flexibility index (Phi) is 5.25. The summed E-state index contributed by atoms with van der Waals surface area (Å²) in [6.45, 7) is 0.909. The Morgan fingerprint density at radius 1 is 0.903 bits per heavy atom. The zero-order valence-corrected chi connectivity index (χ0v) is 17.0. The van der Waals surface area contributed by atoms with Gasteiger partial charge in [-0.2, -0.15) is 0 Å². The van der Waals surface area contributed by atoms with Crippen LogP contribution in [0.2, 0.25) is 0 Å². The number of Topliss-reactive ketones (excluding diaryl/α,β-unsaturated/α-hetero) is 1. The van der Waals surface area contributed by atoms with Gasteiger partial charge in [0, 0.05) is 5.56 Å². The fraction of sp³-hybridized carbons (Fsp3) is 0.167. The summed E-state index contributed by atoms with van der Waals surface area (Å²) >= 11 is 0. The van der Waals surface area contributed by atoms with E-state index >= 15 is 0 Å². The minimum Gasteiger partial charge on any atom is -0.497 e. The number of esters is 1. The van der Waals surface area contributed by atoms with Crippen LogP contribution in [-0.4, -0.2) is 48.2 Å². The first-order valence-corrected chi connectivity index (χ1v) is 9.65. The van der Waals surface area contributed by atoms with Crippen molar-refractivity contribution in [2.75, 3.05) is 13.7 Å². The highest BCUT2D eigenvalue weighted by Gasteiger charge is 2.41. The molecule has 1 heterocycles. The van der Waals surface area contributed by atoms with E-state index in [1.54, 1.807) is 43.5 Å². The topological polar surface area (TPSA) is 90.0 Å². The minimum atomic E-state index is -1.15. The summed E-state index contributed by atoms with van der Waals surface area (Å²) < 4.78 is 10.3. The van der Waals surface area contributed by atoms with Gasteiger partial charge in [-0.3, -0.25) is 19.3 Å². The van der Waals surface area contributed by atoms with Crippen molar-refractivity contribution < 1.29 is 28.7 Å². The molecule has 0 radical (unpaired) electrons. The van der Waals surface area contributed by atoms with Gasteiger partial charge in [0.1, 0.15) is 11.8 Å². The van der Waals surface area contributed by atoms with E-state index in [1.807, 2.05) is 12.1 Å². The quantitative estimate of drug-likeness (QED) is 0.347. The second kappa shape index (κ2) is 8.02. The number of nitrogens with zero attached hydrogens (tertiary/aromatic N) is 1. The summed E-state index contributed by atoms with van der Waals surface area (Å²) in [6, 6.07) is 15.8. The third-order valence-corrected chi connectivity index (χ3v) is 5.27. The summed E-state index contributed by atoms with van der Waals surface area (Å²) in [5.41, 5.74) is 0.880. The second-order valence-electron chi connectivity index (χ2n) is 7.16. The van der Waals surface area contributed by atoms with E-state index in [2.05, 4.69) is 0 Å². The maximum atomic E-state index is 12.5. The Balaban J connectivity index is 1.43. The van der Waals surface area contributed by atoms with Gasteiger partial charge in [0.15, 0.2) is 12.4 Å². The molecule has 0 aromatic heterocycles. The van der Waals surface area contributed by atoms with Gasteiger partial charge in [-0.25, -0.2) is 4.79 Å². The molecule has 1 atom stereocenters. The fourth-order valence-corrected chi connectivity index (χ4v) is 3.53. The average Bonchev–Trinajstić information content (AvgIpc) is 3.06. The van der Waals surface area contributed by atoms with Crippen LogP contribution in [0.3, 0.4) is 0 Å². The number of rotatable bonds is 6. The first-order chi connectivity index (χ1) is 14.9. The fourth-order valence-electron chi connectivity index (χ4n) is 3.53. The summed E-state index contributed by atoms with van der Waals surface area (Å²) in [6.07, 6.45) is 0. The molecule has 0 saturated heterocycles. The average molecular weight is 417 g/mol. The summed E-state index contributed by atoms with van der Waals surface area (Å²) in [5, 5.41) is 1.75. The maximum absolute atomic E-state index is 12.5. The van der Waals surface area contributed by atoms with Crippen molar-refractivity contribution in [3.63, 3.8) is 0 Å². The number of carbonyl (C=O) groups is 4. The molecule has 0 saturated carbocycles. The van der Waals surface area contributed by atoms with Gasteiger partial charge in [-0.05, 0) is 48.0 Å². The van der Waals surface area contributed by atoms with E-state index in [0.29, 0.717) is 11.3 Å². The number of methoxy groups -OCH3 is 1. The van der Waals surface area contributed by atoms with Crippen molar-refractivity contribution in [1.29, 1.82) is 0 Å². The molecule has 1 aliphatic heterocycles. The molecule has 0 bridgehead atoms. The van der Waals surface area contributed by atoms with Crippen molar-refractivity contribution in [2.24, 2.45) is 0 Å². The van der Waals surface area contributed by atoms with Crippen molar-refractivity contribution in [3.8, 4) is 5.75 Å². The highest BCUT2D eigenvalue weighted by atomic mass is 16.5. The molecule has 0 N–H and O–H groups in total. The Bertz CT molecular complexity index is 1200. The van der Waals surface area contributed by atoms with Crippen molar-refractivity contribution in [2.45, 2.75) is 13.0 Å². The molecule has 1 unspecified atom stereocenters. The smallest absolute Gasteiger partial charge is 0.329 e. The summed E-state index contributed by atoms with van der Waals surface area (Å²) in [4.78, 5) is 50.8. The number of amides is 2. The van der Waals surface area contributed by atoms with E-state index in [1.165, 1.54) is 19.1 Å². The van der Waals surface area contributed by atoms with Crippen molar-refractivity contribution in [3.05, 3.63) is 77.4 Å². The van der Waals surface area contributed by atoms with Gasteiger partial charge < -0.3 is 9.47 Å². The number of carbonyl (C=O) groups excluding carboxylic acids is 4. The molecule has 3 aromatic rings. The number of imide groups is 1. The first kappa shape index (κ1) is 20.3. The molecule has 1 aliphatic rings. The molecule has 31 heavy (non-hydrogen) atoms. The van der Waals surface area contributed by atoms with Crippen LogP contribution in [0, 0.1) is 0 Å². The van der Waals surface area contributed by atoms with Crippen LogP contribution in [0.25, 0.3) is 10.8 Å². The van der Waals surface area contributed by atoms with Crippen LogP contribution in [-0.2, 0) is 9.53 Å². The van der Waals surface area contributed by atoms with Gasteiger partial charge in [-0.1, -0.05) is 30.3 Å². The standard InChI is InChI=1S/C24H19NO6/c1-14(25-22(27)19-5-3-4-6-20(19)23(25)28)24(29)31-13-21(26)17-8-7-16-12-18(30-2)10-9-15(16)11-17/h3-12,14H,13H2,1-2H3. The first-order valence-electron chi connectivity index (χ1n) is 9.65. The summed E-state index contributed by atoms with van der Waals surface area (Å²) in [7, 11) is 1.58. The van der Waals surface area contributed by atoms with Gasteiger partial charge in [0.2, 0.25) is 0 Å². The molecule has 4 rings (SSSR count). The molecule has 7 heteroatoms. The van der Waals surface area contributed by atoms with Crippen LogP contribution in [0.4, 0.5) is 0 Å². The van der Waals surface area contributed by atoms with E-state index in [4.69, 9.17) is 9.47 Å². The van der Waals surface area contributed by atoms with Crippen LogP contribution < -0.4 is 4.74 Å². The third-order valence-electron chi connectivity index (χ3n) is 5.27.